The Balaban J connectivity index is 0.00000256. The number of carbonyl (C=O) groups excluding carboxylic acids is 1. The molecule has 2 atom stereocenters. The van der Waals surface area contributed by atoms with E-state index in [2.05, 4.69) is 39.2 Å². The Kier molecular flexibility index (Phi) is 8.21. The molecule has 1 aromatic rings. The van der Waals surface area contributed by atoms with E-state index in [1.165, 1.54) is 5.56 Å². The highest BCUT2D eigenvalue weighted by atomic mass is 127. The number of nitrogens with one attached hydrogen (secondary N) is 1. The molecule has 2 saturated heterocycles. The van der Waals surface area contributed by atoms with Crippen molar-refractivity contribution in [1.82, 2.24) is 20.0 Å². The van der Waals surface area contributed by atoms with Gasteiger partial charge in [0.05, 0.1) is 12.6 Å². The number of ether oxygens (including phenoxy) is 1. The smallest absolute Gasteiger partial charge is 0.239 e. The number of likely N-dealkylation sites (tertiary alicyclic amines) is 1. The molecule has 3 heterocycles. The molecule has 7 nitrogen and oxygen atoms in total. The molecule has 3 aliphatic rings. The van der Waals surface area contributed by atoms with Crippen molar-refractivity contribution in [2.45, 2.75) is 38.3 Å². The fraction of sp³-hybridized carbons (Fsp3) is 0.636. The van der Waals surface area contributed by atoms with E-state index in [0.717, 1.165) is 76.8 Å². The summed E-state index contributed by atoms with van der Waals surface area (Å²) in [5.41, 5.74) is 1.28. The van der Waals surface area contributed by atoms with Gasteiger partial charge in [0.25, 0.3) is 0 Å². The first-order valence-corrected chi connectivity index (χ1v) is 10.9. The highest BCUT2D eigenvalue weighted by Gasteiger charge is 2.31. The average Bonchev–Trinajstić information content (AvgIpc) is 3.43. The maximum absolute atomic E-state index is 12.7. The molecule has 1 N–H and O–H groups in total. The number of rotatable bonds is 4. The Bertz CT molecular complexity index is 720. The van der Waals surface area contributed by atoms with Crippen LogP contribution in [-0.2, 0) is 11.2 Å². The summed E-state index contributed by atoms with van der Waals surface area (Å²) in [6.07, 6.45) is 3.36. The molecule has 4 rings (SSSR count). The van der Waals surface area contributed by atoms with Crippen LogP contribution in [0.4, 0.5) is 0 Å². The van der Waals surface area contributed by atoms with Gasteiger partial charge in [-0.2, -0.15) is 0 Å². The third-order valence-corrected chi connectivity index (χ3v) is 6.35. The summed E-state index contributed by atoms with van der Waals surface area (Å²) in [5.74, 6) is 2.21. The molecular formula is C22H34IN5O2. The first-order valence-electron chi connectivity index (χ1n) is 10.9. The van der Waals surface area contributed by atoms with Gasteiger partial charge < -0.3 is 19.9 Å². The zero-order valence-electron chi connectivity index (χ0n) is 18.0. The van der Waals surface area contributed by atoms with E-state index < -0.39 is 0 Å². The molecule has 0 spiro atoms. The quantitative estimate of drug-likeness (QED) is 0.368. The van der Waals surface area contributed by atoms with E-state index in [0.29, 0.717) is 0 Å². The predicted octanol–water partition coefficient (Wildman–Crippen LogP) is 1.81. The summed E-state index contributed by atoms with van der Waals surface area (Å²) in [4.78, 5) is 23.8. The third-order valence-electron chi connectivity index (χ3n) is 6.35. The summed E-state index contributed by atoms with van der Waals surface area (Å²) < 4.78 is 6.03. The number of piperazine rings is 1. The van der Waals surface area contributed by atoms with Crippen LogP contribution in [-0.4, -0.2) is 91.6 Å². The molecule has 0 bridgehead atoms. The highest BCUT2D eigenvalue weighted by Crippen LogP contribution is 2.27. The Morgan fingerprint density at radius 3 is 2.50 bits per heavy atom. The van der Waals surface area contributed by atoms with E-state index >= 15 is 0 Å². The first kappa shape index (κ1) is 23.1. The van der Waals surface area contributed by atoms with Crippen molar-refractivity contribution in [2.24, 2.45) is 4.99 Å². The number of halogens is 1. The third kappa shape index (κ3) is 5.19. The monoisotopic (exact) mass is 527 g/mol. The lowest BCUT2D eigenvalue weighted by Crippen LogP contribution is -2.57. The lowest BCUT2D eigenvalue weighted by Gasteiger charge is -2.39. The van der Waals surface area contributed by atoms with Crippen molar-refractivity contribution in [2.75, 3.05) is 52.9 Å². The number of amides is 1. The molecule has 0 radical (unpaired) electrons. The van der Waals surface area contributed by atoms with Gasteiger partial charge in [0.1, 0.15) is 11.9 Å². The van der Waals surface area contributed by atoms with Crippen LogP contribution in [0.3, 0.4) is 0 Å². The summed E-state index contributed by atoms with van der Waals surface area (Å²) in [6, 6.07) is 8.21. The molecule has 1 amide bonds. The van der Waals surface area contributed by atoms with Crippen LogP contribution in [0.5, 0.6) is 5.75 Å². The molecular weight excluding hydrogens is 493 g/mol. The van der Waals surface area contributed by atoms with Crippen molar-refractivity contribution >= 4 is 35.8 Å². The minimum absolute atomic E-state index is 0. The van der Waals surface area contributed by atoms with E-state index in [1.54, 1.807) is 0 Å². The molecule has 2 unspecified atom stereocenters. The van der Waals surface area contributed by atoms with E-state index in [-0.39, 0.29) is 42.0 Å². The van der Waals surface area contributed by atoms with Crippen molar-refractivity contribution in [1.29, 1.82) is 0 Å². The first-order chi connectivity index (χ1) is 14.2. The predicted molar refractivity (Wildman–Crippen MR) is 130 cm³/mol. The molecule has 0 aliphatic carbocycles. The van der Waals surface area contributed by atoms with Crippen LogP contribution in [0, 0.1) is 0 Å². The van der Waals surface area contributed by atoms with Crippen molar-refractivity contribution in [3.63, 3.8) is 0 Å². The van der Waals surface area contributed by atoms with E-state index in [4.69, 9.17) is 4.74 Å². The second kappa shape index (κ2) is 10.7. The lowest BCUT2D eigenvalue weighted by atomic mass is 10.1. The molecule has 0 aromatic heterocycles. The fourth-order valence-corrected chi connectivity index (χ4v) is 4.58. The highest BCUT2D eigenvalue weighted by molar-refractivity contribution is 14.0. The lowest BCUT2D eigenvalue weighted by molar-refractivity contribution is -0.135. The van der Waals surface area contributed by atoms with Crippen LogP contribution in [0.25, 0.3) is 0 Å². The topological polar surface area (TPSA) is 60.4 Å². The SMILES string of the molecule is CN=C(NCC1Cc2ccccc2O1)N1CCN(C(C)C(=O)N2CCCC2)CC1.I. The Morgan fingerprint density at radius 2 is 1.83 bits per heavy atom. The fourth-order valence-electron chi connectivity index (χ4n) is 4.58. The number of hydrogen-bond acceptors (Lipinski definition) is 4. The van der Waals surface area contributed by atoms with E-state index in [9.17, 15) is 4.79 Å². The summed E-state index contributed by atoms with van der Waals surface area (Å²) in [5, 5.41) is 3.48. The van der Waals surface area contributed by atoms with Gasteiger partial charge in [-0.15, -0.1) is 24.0 Å². The Hall–Kier alpha value is -1.55. The molecule has 2 fully saturated rings. The number of guanidine groups is 1. The van der Waals surface area contributed by atoms with Crippen LogP contribution < -0.4 is 10.1 Å². The maximum atomic E-state index is 12.7. The van der Waals surface area contributed by atoms with Crippen LogP contribution in [0.15, 0.2) is 29.3 Å². The van der Waals surface area contributed by atoms with Gasteiger partial charge in [-0.1, -0.05) is 18.2 Å². The zero-order valence-corrected chi connectivity index (χ0v) is 20.4. The van der Waals surface area contributed by atoms with Crippen molar-refractivity contribution in [3.8, 4) is 5.75 Å². The number of benzene rings is 1. The number of hydrogen-bond donors (Lipinski definition) is 1. The molecule has 30 heavy (non-hydrogen) atoms. The summed E-state index contributed by atoms with van der Waals surface area (Å²) in [7, 11) is 1.83. The van der Waals surface area contributed by atoms with Gasteiger partial charge in [0, 0.05) is 52.7 Å². The second-order valence-corrected chi connectivity index (χ2v) is 8.21. The molecule has 8 heteroatoms. The molecule has 3 aliphatic heterocycles. The average molecular weight is 527 g/mol. The molecule has 166 valence electrons. The number of carbonyl (C=O) groups is 1. The summed E-state index contributed by atoms with van der Waals surface area (Å²) in [6.45, 7) is 8.16. The maximum Gasteiger partial charge on any atom is 0.239 e. The minimum atomic E-state index is -0.0318. The van der Waals surface area contributed by atoms with Gasteiger partial charge in [-0.3, -0.25) is 14.7 Å². The Morgan fingerprint density at radius 1 is 1.13 bits per heavy atom. The largest absolute Gasteiger partial charge is 0.488 e. The van der Waals surface area contributed by atoms with Crippen LogP contribution in [0.1, 0.15) is 25.3 Å². The molecule has 0 saturated carbocycles. The van der Waals surface area contributed by atoms with Crippen molar-refractivity contribution in [3.05, 3.63) is 29.8 Å². The zero-order chi connectivity index (χ0) is 20.2. The second-order valence-electron chi connectivity index (χ2n) is 8.21. The molecule has 1 aromatic carbocycles. The van der Waals surface area contributed by atoms with Crippen molar-refractivity contribution < 1.29 is 9.53 Å². The normalized spacial score (nSPS) is 22.9. The van der Waals surface area contributed by atoms with Crippen LogP contribution in [0.2, 0.25) is 0 Å². The van der Waals surface area contributed by atoms with E-state index in [1.807, 2.05) is 24.1 Å². The van der Waals surface area contributed by atoms with Gasteiger partial charge in [-0.25, -0.2) is 0 Å². The Labute approximate surface area is 196 Å². The number of para-hydroxylation sites is 1. The number of fused-ring (bicyclic) bond motifs is 1. The van der Waals surface area contributed by atoms with Gasteiger partial charge in [0.15, 0.2) is 5.96 Å². The summed E-state index contributed by atoms with van der Waals surface area (Å²) >= 11 is 0. The van der Waals surface area contributed by atoms with Crippen LogP contribution >= 0.6 is 24.0 Å². The standard InChI is InChI=1S/C22H33N5O2.HI/c1-17(21(28)26-9-5-6-10-26)25-11-13-27(14-12-25)22(23-2)24-16-19-15-18-7-3-4-8-20(18)29-19;/h3-4,7-8,17,19H,5-6,9-16H2,1-2H3,(H,23,24);1H. The van der Waals surface area contributed by atoms with Gasteiger partial charge in [0.2, 0.25) is 5.91 Å². The number of nitrogens with zero attached hydrogens (tertiary/aromatic N) is 4. The van der Waals surface area contributed by atoms with Gasteiger partial charge in [-0.05, 0) is 31.4 Å². The van der Waals surface area contributed by atoms with Gasteiger partial charge >= 0.3 is 0 Å². The number of aliphatic imine (C=N–C) groups is 1. The minimum Gasteiger partial charge on any atom is -0.488 e.